The molecule has 0 aliphatic heterocycles. The number of nitrogen functional groups attached to an aromatic ring is 1. The Morgan fingerprint density at radius 2 is 2.16 bits per heavy atom. The molecule has 3 N–H and O–H groups in total. The van der Waals surface area contributed by atoms with Crippen molar-refractivity contribution in [3.8, 4) is 0 Å². The maximum Gasteiger partial charge on any atom is 0.269 e. The number of amides is 1. The quantitative estimate of drug-likeness (QED) is 0.879. The Morgan fingerprint density at radius 1 is 1.32 bits per heavy atom. The zero-order valence-corrected chi connectivity index (χ0v) is 10.3. The van der Waals surface area contributed by atoms with Gasteiger partial charge in [0.05, 0.1) is 0 Å². The molecule has 19 heavy (non-hydrogen) atoms. The molecule has 0 unspecified atom stereocenters. The maximum absolute atomic E-state index is 13.0. The summed E-state index contributed by atoms with van der Waals surface area (Å²) >= 11 is 0. The van der Waals surface area contributed by atoms with Gasteiger partial charge in [0.2, 0.25) is 0 Å². The number of benzene rings is 1. The Labute approximate surface area is 110 Å². The van der Waals surface area contributed by atoms with Crippen molar-refractivity contribution in [1.29, 1.82) is 0 Å². The van der Waals surface area contributed by atoms with E-state index >= 15 is 0 Å². The van der Waals surface area contributed by atoms with Gasteiger partial charge in [0.25, 0.3) is 5.91 Å². The van der Waals surface area contributed by atoms with E-state index in [1.54, 1.807) is 12.1 Å². The monoisotopic (exact) mass is 259 g/mol. The minimum absolute atomic E-state index is 0.277. The van der Waals surface area contributed by atoms with Crippen molar-refractivity contribution in [2.75, 3.05) is 12.3 Å². The van der Waals surface area contributed by atoms with E-state index in [-0.39, 0.29) is 17.4 Å². The molecule has 0 spiro atoms. The van der Waals surface area contributed by atoms with Gasteiger partial charge < -0.3 is 11.1 Å². The number of pyridine rings is 1. The van der Waals surface area contributed by atoms with Gasteiger partial charge >= 0.3 is 0 Å². The first-order valence-corrected chi connectivity index (χ1v) is 5.89. The summed E-state index contributed by atoms with van der Waals surface area (Å²) in [5, 5.41) is 2.71. The number of carbonyl (C=O) groups is 1. The fourth-order valence-corrected chi connectivity index (χ4v) is 1.67. The summed E-state index contributed by atoms with van der Waals surface area (Å²) in [5.74, 6) is -0.565. The number of anilines is 1. The molecular formula is C14H14FN3O. The number of nitrogens with zero attached hydrogens (tertiary/aromatic N) is 1. The average Bonchev–Trinajstić information content (AvgIpc) is 2.38. The van der Waals surface area contributed by atoms with Crippen LogP contribution in [-0.2, 0) is 6.42 Å². The van der Waals surface area contributed by atoms with Crippen LogP contribution in [0.4, 0.5) is 10.1 Å². The van der Waals surface area contributed by atoms with Gasteiger partial charge in [-0.3, -0.25) is 9.78 Å². The number of nitrogens with one attached hydrogen (secondary N) is 1. The smallest absolute Gasteiger partial charge is 0.269 e. The lowest BCUT2D eigenvalue weighted by atomic mass is 10.1. The van der Waals surface area contributed by atoms with E-state index < -0.39 is 0 Å². The Morgan fingerprint density at radius 3 is 2.89 bits per heavy atom. The minimum Gasteiger partial charge on any atom is -0.399 e. The van der Waals surface area contributed by atoms with Gasteiger partial charge in [0, 0.05) is 18.4 Å². The molecule has 1 heterocycles. The zero-order chi connectivity index (χ0) is 13.7. The lowest BCUT2D eigenvalue weighted by Gasteiger charge is -2.05. The minimum atomic E-state index is -0.288. The van der Waals surface area contributed by atoms with Crippen LogP contribution in [0.5, 0.6) is 0 Å². The normalized spacial score (nSPS) is 10.2. The van der Waals surface area contributed by atoms with Gasteiger partial charge in [-0.1, -0.05) is 12.1 Å². The van der Waals surface area contributed by atoms with Crippen LogP contribution in [0.2, 0.25) is 0 Å². The number of carbonyl (C=O) groups excluding carboxylic acids is 1. The highest BCUT2D eigenvalue weighted by Crippen LogP contribution is 2.05. The highest BCUT2D eigenvalue weighted by molar-refractivity contribution is 5.92. The first kappa shape index (κ1) is 13.0. The van der Waals surface area contributed by atoms with Crippen molar-refractivity contribution in [2.45, 2.75) is 6.42 Å². The highest BCUT2D eigenvalue weighted by atomic mass is 19.1. The molecule has 98 valence electrons. The molecule has 1 amide bonds. The van der Waals surface area contributed by atoms with Gasteiger partial charge in [-0.15, -0.1) is 0 Å². The van der Waals surface area contributed by atoms with Gasteiger partial charge in [0.15, 0.2) is 0 Å². The molecule has 0 fully saturated rings. The number of halogens is 1. The molecule has 5 heteroatoms. The molecule has 1 aromatic heterocycles. The van der Waals surface area contributed by atoms with Crippen molar-refractivity contribution >= 4 is 11.6 Å². The molecule has 0 aliphatic rings. The van der Waals surface area contributed by atoms with Crippen molar-refractivity contribution in [3.05, 3.63) is 59.7 Å². The fraction of sp³-hybridized carbons (Fsp3) is 0.143. The fourth-order valence-electron chi connectivity index (χ4n) is 1.67. The number of hydrogen-bond donors (Lipinski definition) is 2. The molecule has 2 aromatic rings. The van der Waals surface area contributed by atoms with E-state index in [0.29, 0.717) is 18.7 Å². The summed E-state index contributed by atoms with van der Waals surface area (Å²) in [6.45, 7) is 0.415. The van der Waals surface area contributed by atoms with Crippen molar-refractivity contribution < 1.29 is 9.18 Å². The van der Waals surface area contributed by atoms with Crippen LogP contribution in [0, 0.1) is 5.82 Å². The van der Waals surface area contributed by atoms with E-state index in [2.05, 4.69) is 10.3 Å². The Balaban J connectivity index is 1.87. The molecule has 1 aromatic carbocycles. The summed E-state index contributed by atoms with van der Waals surface area (Å²) in [6.07, 6.45) is 2.04. The van der Waals surface area contributed by atoms with Crippen LogP contribution < -0.4 is 11.1 Å². The van der Waals surface area contributed by atoms with E-state index in [1.807, 2.05) is 6.07 Å². The molecule has 4 nitrogen and oxygen atoms in total. The van der Waals surface area contributed by atoms with Crippen LogP contribution in [-0.4, -0.2) is 17.4 Å². The first-order chi connectivity index (χ1) is 9.15. The van der Waals surface area contributed by atoms with Crippen LogP contribution in [0.3, 0.4) is 0 Å². The molecular weight excluding hydrogens is 245 g/mol. The number of nitrogens with two attached hydrogens (primary N) is 1. The predicted molar refractivity (Wildman–Crippen MR) is 71.1 cm³/mol. The molecule has 2 rings (SSSR count). The average molecular weight is 259 g/mol. The number of aromatic nitrogens is 1. The molecule has 0 bridgehead atoms. The molecule has 0 saturated carbocycles. The lowest BCUT2D eigenvalue weighted by molar-refractivity contribution is 0.0949. The van der Waals surface area contributed by atoms with Gasteiger partial charge in [0.1, 0.15) is 11.5 Å². The van der Waals surface area contributed by atoms with Crippen molar-refractivity contribution in [2.24, 2.45) is 0 Å². The lowest BCUT2D eigenvalue weighted by Crippen LogP contribution is -2.26. The zero-order valence-electron chi connectivity index (χ0n) is 10.3. The van der Waals surface area contributed by atoms with Crippen LogP contribution in [0.1, 0.15) is 16.1 Å². The summed E-state index contributed by atoms with van der Waals surface area (Å²) < 4.78 is 13.0. The Kier molecular flexibility index (Phi) is 4.07. The molecule has 0 radical (unpaired) electrons. The van der Waals surface area contributed by atoms with E-state index in [4.69, 9.17) is 5.73 Å². The highest BCUT2D eigenvalue weighted by Gasteiger charge is 2.06. The van der Waals surface area contributed by atoms with E-state index in [9.17, 15) is 9.18 Å². The molecule has 0 saturated heterocycles. The standard InChI is InChI=1S/C14H14FN3O/c15-11-3-1-2-10(8-11)4-6-18-14(19)13-9-12(16)5-7-17-13/h1-3,5,7-9H,4,6H2,(H2,16,17)(H,18,19). The second-order valence-electron chi connectivity index (χ2n) is 4.11. The summed E-state index contributed by atoms with van der Waals surface area (Å²) in [5.41, 5.74) is 7.17. The molecule has 0 atom stereocenters. The summed E-state index contributed by atoms with van der Waals surface area (Å²) in [7, 11) is 0. The van der Waals surface area contributed by atoms with Gasteiger partial charge in [-0.2, -0.15) is 0 Å². The first-order valence-electron chi connectivity index (χ1n) is 5.89. The summed E-state index contributed by atoms with van der Waals surface area (Å²) in [4.78, 5) is 15.7. The topological polar surface area (TPSA) is 68.0 Å². The Hall–Kier alpha value is -2.43. The Bertz CT molecular complexity index is 586. The SMILES string of the molecule is Nc1ccnc(C(=O)NCCc2cccc(F)c2)c1. The van der Waals surface area contributed by atoms with Crippen LogP contribution in [0.15, 0.2) is 42.6 Å². The summed E-state index contributed by atoms with van der Waals surface area (Å²) in [6, 6.07) is 9.42. The second kappa shape index (κ2) is 5.95. The van der Waals surface area contributed by atoms with E-state index in [1.165, 1.54) is 24.4 Å². The number of hydrogen-bond acceptors (Lipinski definition) is 3. The van der Waals surface area contributed by atoms with Crippen molar-refractivity contribution in [3.63, 3.8) is 0 Å². The largest absolute Gasteiger partial charge is 0.399 e. The third-order valence-electron chi connectivity index (χ3n) is 2.60. The van der Waals surface area contributed by atoms with Gasteiger partial charge in [-0.05, 0) is 36.2 Å². The third kappa shape index (κ3) is 3.77. The predicted octanol–water partition coefficient (Wildman–Crippen LogP) is 1.78. The van der Waals surface area contributed by atoms with Gasteiger partial charge in [-0.25, -0.2) is 4.39 Å². The number of rotatable bonds is 4. The molecule has 0 aliphatic carbocycles. The van der Waals surface area contributed by atoms with Crippen LogP contribution in [0.25, 0.3) is 0 Å². The van der Waals surface area contributed by atoms with Crippen molar-refractivity contribution in [1.82, 2.24) is 10.3 Å². The third-order valence-corrected chi connectivity index (χ3v) is 2.60. The second-order valence-corrected chi connectivity index (χ2v) is 4.11. The van der Waals surface area contributed by atoms with Crippen LogP contribution >= 0.6 is 0 Å². The maximum atomic E-state index is 13.0. The van der Waals surface area contributed by atoms with E-state index in [0.717, 1.165) is 5.56 Å².